The monoisotopic (exact) mass is 287 g/mol. The highest BCUT2D eigenvalue weighted by molar-refractivity contribution is 7.99. The zero-order valence-electron chi connectivity index (χ0n) is 11.1. The standard InChI is InChI=1S/C14H17N5S/c15-13-12-14(17-5-16-13)19(6-18-12)11-2-7-1-8(11)10-4-20-3-9(7)10/h5-11H,1-4H2,(H2,15,16,17)/t7-,8-,9-,10+,11?/m1/s1. The van der Waals surface area contributed by atoms with E-state index < -0.39 is 0 Å². The van der Waals surface area contributed by atoms with Gasteiger partial charge in [0.25, 0.3) is 0 Å². The Morgan fingerprint density at radius 1 is 1.10 bits per heavy atom. The fourth-order valence-corrected chi connectivity index (χ4v) is 6.54. The molecule has 104 valence electrons. The number of hydrogen-bond donors (Lipinski definition) is 1. The third kappa shape index (κ3) is 1.33. The number of nitrogens with zero attached hydrogens (tertiary/aromatic N) is 4. The summed E-state index contributed by atoms with van der Waals surface area (Å²) < 4.78 is 2.28. The van der Waals surface area contributed by atoms with Crippen LogP contribution in [0.15, 0.2) is 12.7 Å². The molecule has 0 amide bonds. The Hall–Kier alpha value is -1.30. The first-order valence-electron chi connectivity index (χ1n) is 7.33. The Morgan fingerprint density at radius 3 is 2.95 bits per heavy atom. The van der Waals surface area contributed by atoms with Gasteiger partial charge in [0.1, 0.15) is 11.8 Å². The maximum Gasteiger partial charge on any atom is 0.165 e. The molecule has 5 rings (SSSR count). The van der Waals surface area contributed by atoms with Crippen molar-refractivity contribution in [2.45, 2.75) is 18.9 Å². The van der Waals surface area contributed by atoms with Crippen LogP contribution in [0.5, 0.6) is 0 Å². The van der Waals surface area contributed by atoms with Crippen LogP contribution in [0.25, 0.3) is 11.2 Å². The minimum atomic E-state index is 0.492. The zero-order chi connectivity index (χ0) is 13.3. The molecule has 20 heavy (non-hydrogen) atoms. The predicted molar refractivity (Wildman–Crippen MR) is 79.3 cm³/mol. The van der Waals surface area contributed by atoms with E-state index in [1.807, 2.05) is 6.33 Å². The third-order valence-electron chi connectivity index (χ3n) is 5.68. The van der Waals surface area contributed by atoms with Gasteiger partial charge in [0.2, 0.25) is 0 Å². The molecule has 3 heterocycles. The van der Waals surface area contributed by atoms with Gasteiger partial charge in [-0.3, -0.25) is 0 Å². The SMILES string of the molecule is Nc1ncnc2c1ncn2C1C[C@H]2C[C@@H]1[C@@H]1CSC[C@H]21. The van der Waals surface area contributed by atoms with Crippen molar-refractivity contribution in [3.63, 3.8) is 0 Å². The minimum absolute atomic E-state index is 0.492. The van der Waals surface area contributed by atoms with Crippen LogP contribution >= 0.6 is 11.8 Å². The van der Waals surface area contributed by atoms with Crippen molar-refractivity contribution in [1.82, 2.24) is 19.5 Å². The van der Waals surface area contributed by atoms with Gasteiger partial charge < -0.3 is 10.3 Å². The molecule has 1 aliphatic heterocycles. The van der Waals surface area contributed by atoms with Gasteiger partial charge in [-0.05, 0) is 48.0 Å². The lowest BCUT2D eigenvalue weighted by molar-refractivity contribution is 0.210. The van der Waals surface area contributed by atoms with Gasteiger partial charge in [0.15, 0.2) is 11.5 Å². The average Bonchev–Trinajstić information content (AvgIpc) is 3.19. The summed E-state index contributed by atoms with van der Waals surface area (Å²) in [7, 11) is 0. The molecule has 2 saturated carbocycles. The van der Waals surface area contributed by atoms with E-state index in [1.165, 1.54) is 24.3 Å². The second kappa shape index (κ2) is 3.87. The highest BCUT2D eigenvalue weighted by Gasteiger charge is 2.54. The van der Waals surface area contributed by atoms with E-state index in [4.69, 9.17) is 5.73 Å². The van der Waals surface area contributed by atoms with E-state index in [2.05, 4.69) is 31.3 Å². The van der Waals surface area contributed by atoms with Gasteiger partial charge in [0.05, 0.1) is 6.33 Å². The number of thioether (sulfide) groups is 1. The summed E-state index contributed by atoms with van der Waals surface area (Å²) in [5.41, 5.74) is 7.57. The second-order valence-corrected chi connectivity index (χ2v) is 7.49. The van der Waals surface area contributed by atoms with Crippen molar-refractivity contribution in [1.29, 1.82) is 0 Å². The van der Waals surface area contributed by atoms with E-state index in [-0.39, 0.29) is 0 Å². The zero-order valence-corrected chi connectivity index (χ0v) is 12.0. The number of fused-ring (bicyclic) bond motifs is 6. The summed E-state index contributed by atoms with van der Waals surface area (Å²) >= 11 is 2.15. The smallest absolute Gasteiger partial charge is 0.165 e. The number of nitrogens with two attached hydrogens (primary N) is 1. The van der Waals surface area contributed by atoms with Gasteiger partial charge in [0, 0.05) is 6.04 Å². The van der Waals surface area contributed by atoms with Crippen LogP contribution in [0.2, 0.25) is 0 Å². The summed E-state index contributed by atoms with van der Waals surface area (Å²) in [5.74, 6) is 6.86. The number of anilines is 1. The van der Waals surface area contributed by atoms with E-state index in [0.717, 1.165) is 34.8 Å². The van der Waals surface area contributed by atoms with Crippen molar-refractivity contribution in [3.05, 3.63) is 12.7 Å². The fraction of sp³-hybridized carbons (Fsp3) is 0.643. The molecule has 2 bridgehead atoms. The first-order valence-corrected chi connectivity index (χ1v) is 8.49. The van der Waals surface area contributed by atoms with Gasteiger partial charge in [-0.15, -0.1) is 0 Å². The van der Waals surface area contributed by atoms with Crippen LogP contribution in [-0.2, 0) is 0 Å². The molecule has 2 aliphatic carbocycles. The molecular formula is C14H17N5S. The molecule has 2 aromatic heterocycles. The second-order valence-electron chi connectivity index (χ2n) is 6.41. The van der Waals surface area contributed by atoms with Crippen LogP contribution in [0.4, 0.5) is 5.82 Å². The number of imidazole rings is 1. The fourth-order valence-electron chi connectivity index (χ4n) is 4.84. The summed E-state index contributed by atoms with van der Waals surface area (Å²) in [5, 5.41) is 0. The van der Waals surface area contributed by atoms with Gasteiger partial charge in [-0.25, -0.2) is 15.0 Å². The van der Waals surface area contributed by atoms with E-state index >= 15 is 0 Å². The predicted octanol–water partition coefficient (Wildman–Crippen LogP) is 1.97. The normalized spacial score (nSPS) is 38.7. The third-order valence-corrected chi connectivity index (χ3v) is 6.92. The maximum absolute atomic E-state index is 5.90. The summed E-state index contributed by atoms with van der Waals surface area (Å²) in [6.07, 6.45) is 6.18. The minimum Gasteiger partial charge on any atom is -0.382 e. The van der Waals surface area contributed by atoms with Crippen LogP contribution in [0, 0.1) is 23.7 Å². The summed E-state index contributed by atoms with van der Waals surface area (Å²) in [4.78, 5) is 12.9. The average molecular weight is 287 g/mol. The van der Waals surface area contributed by atoms with E-state index in [9.17, 15) is 0 Å². The highest BCUT2D eigenvalue weighted by Crippen LogP contribution is 2.61. The van der Waals surface area contributed by atoms with E-state index in [0.29, 0.717) is 11.9 Å². The van der Waals surface area contributed by atoms with Crippen LogP contribution < -0.4 is 5.73 Å². The van der Waals surface area contributed by atoms with E-state index in [1.54, 1.807) is 6.33 Å². The van der Waals surface area contributed by atoms with Crippen molar-refractivity contribution in [2.24, 2.45) is 23.7 Å². The summed E-state index contributed by atoms with van der Waals surface area (Å²) in [6, 6.07) is 0.569. The van der Waals surface area contributed by atoms with Crippen LogP contribution in [-0.4, -0.2) is 31.0 Å². The Bertz CT molecular complexity index is 683. The van der Waals surface area contributed by atoms with Crippen LogP contribution in [0.3, 0.4) is 0 Å². The van der Waals surface area contributed by atoms with Gasteiger partial charge in [-0.2, -0.15) is 11.8 Å². The molecular weight excluding hydrogens is 270 g/mol. The molecule has 2 N–H and O–H groups in total. The topological polar surface area (TPSA) is 69.6 Å². The first-order chi connectivity index (χ1) is 9.83. The molecule has 1 unspecified atom stereocenters. The number of aromatic nitrogens is 4. The molecule has 0 radical (unpaired) electrons. The molecule has 6 heteroatoms. The van der Waals surface area contributed by atoms with Crippen molar-refractivity contribution in [3.8, 4) is 0 Å². The van der Waals surface area contributed by atoms with Crippen molar-refractivity contribution < 1.29 is 0 Å². The number of nitrogen functional groups attached to an aromatic ring is 1. The molecule has 3 fully saturated rings. The summed E-state index contributed by atoms with van der Waals surface area (Å²) in [6.45, 7) is 0. The molecule has 0 spiro atoms. The van der Waals surface area contributed by atoms with Gasteiger partial charge in [-0.1, -0.05) is 0 Å². The Balaban J connectivity index is 1.59. The molecule has 1 saturated heterocycles. The lowest BCUT2D eigenvalue weighted by atomic mass is 9.79. The molecule has 3 aliphatic rings. The lowest BCUT2D eigenvalue weighted by Crippen LogP contribution is -2.28. The molecule has 2 aromatic rings. The first kappa shape index (κ1) is 11.4. The van der Waals surface area contributed by atoms with Gasteiger partial charge >= 0.3 is 0 Å². The highest BCUT2D eigenvalue weighted by atomic mass is 32.2. The van der Waals surface area contributed by atoms with Crippen LogP contribution in [0.1, 0.15) is 18.9 Å². The number of hydrogen-bond acceptors (Lipinski definition) is 5. The lowest BCUT2D eigenvalue weighted by Gasteiger charge is -2.31. The van der Waals surface area contributed by atoms with Crippen molar-refractivity contribution in [2.75, 3.05) is 17.2 Å². The molecule has 0 aromatic carbocycles. The molecule has 5 atom stereocenters. The maximum atomic E-state index is 5.90. The Labute approximate surface area is 121 Å². The molecule has 5 nitrogen and oxygen atoms in total. The van der Waals surface area contributed by atoms with Crippen molar-refractivity contribution >= 4 is 28.7 Å². The number of rotatable bonds is 1. The Morgan fingerprint density at radius 2 is 2.00 bits per heavy atom. The Kier molecular flexibility index (Phi) is 2.20. The largest absolute Gasteiger partial charge is 0.382 e. The quantitative estimate of drug-likeness (QED) is 0.868.